The molecule has 3 rings (SSSR count). The fourth-order valence-corrected chi connectivity index (χ4v) is 3.61. The minimum atomic E-state index is -0.283. The Morgan fingerprint density at radius 1 is 1.21 bits per heavy atom. The highest BCUT2D eigenvalue weighted by molar-refractivity contribution is 7.12. The molecule has 2 aliphatic rings. The maximum Gasteiger partial charge on any atom is 0.101 e. The fourth-order valence-electron chi connectivity index (χ4n) is 2.28. The highest BCUT2D eigenvalue weighted by atomic mass is 32.1. The number of β-amino-alcohol motifs (C(OH)–C–C–N with tert-alkyl or cyclic N) is 1. The second-order valence-electron chi connectivity index (χ2n) is 3.92. The summed E-state index contributed by atoms with van der Waals surface area (Å²) in [5.41, 5.74) is 2.80. The Kier molecular flexibility index (Phi) is 2.09. The van der Waals surface area contributed by atoms with Crippen LogP contribution in [-0.4, -0.2) is 18.2 Å². The Morgan fingerprint density at radius 3 is 3.00 bits per heavy atom. The monoisotopic (exact) mass is 210 g/mol. The van der Waals surface area contributed by atoms with Crippen molar-refractivity contribution in [2.45, 2.75) is 25.6 Å². The lowest BCUT2D eigenvalue weighted by atomic mass is 10.0. The molecule has 1 atom stereocenters. The predicted octanol–water partition coefficient (Wildman–Crippen LogP) is 0.530. The van der Waals surface area contributed by atoms with E-state index < -0.39 is 0 Å². The van der Waals surface area contributed by atoms with Crippen molar-refractivity contribution in [1.82, 2.24) is 10.6 Å². The van der Waals surface area contributed by atoms with E-state index in [1.54, 1.807) is 0 Å². The van der Waals surface area contributed by atoms with E-state index in [0.717, 1.165) is 26.1 Å². The van der Waals surface area contributed by atoms with Crippen LogP contribution in [0, 0.1) is 0 Å². The van der Waals surface area contributed by atoms with Crippen LogP contribution >= 0.6 is 11.3 Å². The summed E-state index contributed by atoms with van der Waals surface area (Å²) in [5, 5.41) is 16.5. The van der Waals surface area contributed by atoms with Crippen molar-refractivity contribution in [3.8, 4) is 0 Å². The lowest BCUT2D eigenvalue weighted by Crippen LogP contribution is -2.29. The summed E-state index contributed by atoms with van der Waals surface area (Å²) < 4.78 is 0. The Morgan fingerprint density at radius 2 is 2.07 bits per heavy atom. The van der Waals surface area contributed by atoms with E-state index in [0.29, 0.717) is 6.54 Å². The lowest BCUT2D eigenvalue weighted by Gasteiger charge is -2.20. The van der Waals surface area contributed by atoms with E-state index in [1.165, 1.54) is 20.9 Å². The SMILES string of the molecule is OC1CNCc2c1sc1c2CNCC1. The van der Waals surface area contributed by atoms with Crippen LogP contribution in [0.15, 0.2) is 0 Å². The van der Waals surface area contributed by atoms with Gasteiger partial charge in [0.25, 0.3) is 0 Å². The zero-order chi connectivity index (χ0) is 9.54. The molecule has 14 heavy (non-hydrogen) atoms. The molecule has 1 aromatic heterocycles. The molecule has 0 bridgehead atoms. The highest BCUT2D eigenvalue weighted by Crippen LogP contribution is 2.36. The van der Waals surface area contributed by atoms with Crippen LogP contribution in [0.4, 0.5) is 0 Å². The molecule has 0 aromatic carbocycles. The summed E-state index contributed by atoms with van der Waals surface area (Å²) in [6.07, 6.45) is 0.842. The van der Waals surface area contributed by atoms with Gasteiger partial charge in [0.1, 0.15) is 6.10 Å². The van der Waals surface area contributed by atoms with Crippen LogP contribution in [-0.2, 0) is 19.5 Å². The molecule has 0 radical (unpaired) electrons. The molecule has 76 valence electrons. The first-order valence-corrected chi connectivity index (χ1v) is 5.90. The van der Waals surface area contributed by atoms with Crippen LogP contribution in [0.1, 0.15) is 27.0 Å². The summed E-state index contributed by atoms with van der Waals surface area (Å²) in [4.78, 5) is 2.69. The Bertz CT molecular complexity index is 361. The number of thiophene rings is 1. The molecule has 0 saturated heterocycles. The summed E-state index contributed by atoms with van der Waals surface area (Å²) >= 11 is 1.82. The lowest BCUT2D eigenvalue weighted by molar-refractivity contribution is 0.169. The number of aliphatic hydroxyl groups excluding tert-OH is 1. The standard InChI is InChI=1S/C10H14N2OS/c13-8-5-12-4-7-6-3-11-2-1-9(6)14-10(7)8/h8,11-13H,1-5H2. The topological polar surface area (TPSA) is 44.3 Å². The minimum absolute atomic E-state index is 0.283. The van der Waals surface area contributed by atoms with Crippen molar-refractivity contribution >= 4 is 11.3 Å². The Hall–Kier alpha value is -0.420. The van der Waals surface area contributed by atoms with E-state index >= 15 is 0 Å². The van der Waals surface area contributed by atoms with Crippen molar-refractivity contribution in [2.24, 2.45) is 0 Å². The molecule has 0 aliphatic carbocycles. The van der Waals surface area contributed by atoms with Gasteiger partial charge in [-0.15, -0.1) is 11.3 Å². The van der Waals surface area contributed by atoms with Gasteiger partial charge in [0.2, 0.25) is 0 Å². The average Bonchev–Trinajstić information content (AvgIpc) is 2.59. The summed E-state index contributed by atoms with van der Waals surface area (Å²) in [7, 11) is 0. The first-order valence-electron chi connectivity index (χ1n) is 5.09. The minimum Gasteiger partial charge on any atom is -0.386 e. The van der Waals surface area contributed by atoms with Crippen LogP contribution < -0.4 is 10.6 Å². The second kappa shape index (κ2) is 3.31. The van der Waals surface area contributed by atoms with Gasteiger partial charge in [-0.3, -0.25) is 0 Å². The average molecular weight is 210 g/mol. The first kappa shape index (κ1) is 8.85. The number of hydrogen-bond donors (Lipinski definition) is 3. The van der Waals surface area contributed by atoms with Gasteiger partial charge in [0, 0.05) is 35.9 Å². The van der Waals surface area contributed by atoms with Gasteiger partial charge in [-0.05, 0) is 17.5 Å². The molecule has 3 N–H and O–H groups in total. The molecule has 3 heterocycles. The van der Waals surface area contributed by atoms with Crippen LogP contribution in [0.5, 0.6) is 0 Å². The van der Waals surface area contributed by atoms with Crippen molar-refractivity contribution in [3.05, 3.63) is 20.9 Å². The maximum atomic E-state index is 9.84. The smallest absolute Gasteiger partial charge is 0.101 e. The third kappa shape index (κ3) is 1.22. The van der Waals surface area contributed by atoms with Gasteiger partial charge in [-0.2, -0.15) is 0 Å². The second-order valence-corrected chi connectivity index (χ2v) is 5.06. The van der Waals surface area contributed by atoms with Crippen molar-refractivity contribution in [2.75, 3.05) is 13.1 Å². The first-order chi connectivity index (χ1) is 6.86. The van der Waals surface area contributed by atoms with Crippen molar-refractivity contribution < 1.29 is 5.11 Å². The fraction of sp³-hybridized carbons (Fsp3) is 0.600. The zero-order valence-corrected chi connectivity index (χ0v) is 8.78. The normalized spacial score (nSPS) is 25.6. The van der Waals surface area contributed by atoms with Crippen LogP contribution in [0.2, 0.25) is 0 Å². The molecule has 0 amide bonds. The molecule has 1 aromatic rings. The highest BCUT2D eigenvalue weighted by Gasteiger charge is 2.26. The molecule has 4 heteroatoms. The van der Waals surface area contributed by atoms with E-state index in [4.69, 9.17) is 0 Å². The van der Waals surface area contributed by atoms with E-state index in [9.17, 15) is 5.11 Å². The molecule has 0 fully saturated rings. The van der Waals surface area contributed by atoms with E-state index in [-0.39, 0.29) is 6.10 Å². The van der Waals surface area contributed by atoms with Crippen LogP contribution in [0.25, 0.3) is 0 Å². The van der Waals surface area contributed by atoms with Gasteiger partial charge in [-0.25, -0.2) is 0 Å². The third-order valence-electron chi connectivity index (χ3n) is 3.00. The molecule has 3 nitrogen and oxygen atoms in total. The largest absolute Gasteiger partial charge is 0.386 e. The number of aliphatic hydroxyl groups is 1. The third-order valence-corrected chi connectivity index (χ3v) is 4.44. The van der Waals surface area contributed by atoms with Gasteiger partial charge >= 0.3 is 0 Å². The Labute approximate surface area is 87.1 Å². The van der Waals surface area contributed by atoms with Gasteiger partial charge in [0.05, 0.1) is 0 Å². The van der Waals surface area contributed by atoms with Crippen molar-refractivity contribution in [3.63, 3.8) is 0 Å². The quantitative estimate of drug-likeness (QED) is 0.585. The number of nitrogens with one attached hydrogen (secondary N) is 2. The summed E-state index contributed by atoms with van der Waals surface area (Å²) in [6.45, 7) is 3.70. The molecule has 1 unspecified atom stereocenters. The van der Waals surface area contributed by atoms with E-state index in [1.807, 2.05) is 11.3 Å². The summed E-state index contributed by atoms with van der Waals surface area (Å²) in [5.74, 6) is 0. The molecular weight excluding hydrogens is 196 g/mol. The van der Waals surface area contributed by atoms with Gasteiger partial charge in [0.15, 0.2) is 0 Å². The van der Waals surface area contributed by atoms with Crippen LogP contribution in [0.3, 0.4) is 0 Å². The summed E-state index contributed by atoms with van der Waals surface area (Å²) in [6, 6.07) is 0. The van der Waals surface area contributed by atoms with E-state index in [2.05, 4.69) is 10.6 Å². The molecule has 0 spiro atoms. The predicted molar refractivity (Wildman–Crippen MR) is 56.4 cm³/mol. The number of hydrogen-bond acceptors (Lipinski definition) is 4. The number of rotatable bonds is 0. The molecule has 0 saturated carbocycles. The van der Waals surface area contributed by atoms with Crippen molar-refractivity contribution in [1.29, 1.82) is 0 Å². The molecular formula is C10H14N2OS. The number of fused-ring (bicyclic) bond motifs is 3. The van der Waals surface area contributed by atoms with Gasteiger partial charge in [-0.1, -0.05) is 0 Å². The maximum absolute atomic E-state index is 9.84. The molecule has 2 aliphatic heterocycles. The Balaban J connectivity index is 2.10. The zero-order valence-electron chi connectivity index (χ0n) is 7.97. The van der Waals surface area contributed by atoms with Gasteiger partial charge < -0.3 is 15.7 Å².